The summed E-state index contributed by atoms with van der Waals surface area (Å²) in [4.78, 5) is 4.31. The van der Waals surface area contributed by atoms with Gasteiger partial charge in [-0.2, -0.15) is 0 Å². The van der Waals surface area contributed by atoms with Crippen LogP contribution in [0.3, 0.4) is 0 Å². The molecular formula is C9H16N2O3S. The van der Waals surface area contributed by atoms with E-state index in [0.29, 0.717) is 6.42 Å². The van der Waals surface area contributed by atoms with Crippen LogP contribution in [0.4, 0.5) is 0 Å². The van der Waals surface area contributed by atoms with Crippen molar-refractivity contribution < 1.29 is 15.3 Å². The number of fused-ring (bicyclic) bond motifs is 1. The number of amidine groups is 1. The number of nitrogens with zero attached hydrogens (tertiary/aromatic N) is 1. The molecule has 1 fully saturated rings. The van der Waals surface area contributed by atoms with E-state index in [-0.39, 0.29) is 23.8 Å². The lowest BCUT2D eigenvalue weighted by molar-refractivity contribution is -0.0646. The fourth-order valence-corrected chi connectivity index (χ4v) is 3.46. The number of thioether (sulfide) groups is 1. The number of nitrogens with one attached hydrogen (secondary N) is 1. The Hall–Kier alpha value is -0.300. The van der Waals surface area contributed by atoms with Crippen LogP contribution in [0.15, 0.2) is 4.99 Å². The van der Waals surface area contributed by atoms with Crippen molar-refractivity contribution in [2.75, 3.05) is 13.7 Å². The molecular weight excluding hydrogens is 216 g/mol. The third kappa shape index (κ3) is 1.87. The summed E-state index contributed by atoms with van der Waals surface area (Å²) in [5.74, 6) is -0.236. The monoisotopic (exact) mass is 232 g/mol. The first-order chi connectivity index (χ1) is 7.17. The molecule has 1 aliphatic carbocycles. The minimum absolute atomic E-state index is 0.0864. The average Bonchev–Trinajstić information content (AvgIpc) is 2.66. The molecule has 0 aromatic heterocycles. The summed E-state index contributed by atoms with van der Waals surface area (Å²) in [5.41, 5.74) is 0. The Morgan fingerprint density at radius 1 is 1.47 bits per heavy atom. The zero-order valence-corrected chi connectivity index (χ0v) is 9.31. The molecule has 15 heavy (non-hydrogen) atoms. The summed E-state index contributed by atoms with van der Waals surface area (Å²) in [6.07, 6.45) is -1.03. The van der Waals surface area contributed by atoms with Gasteiger partial charge in [-0.25, -0.2) is 0 Å². The lowest BCUT2D eigenvalue weighted by atomic mass is 9.81. The summed E-state index contributed by atoms with van der Waals surface area (Å²) in [6, 6.07) is -0.241. The third-order valence-corrected chi connectivity index (χ3v) is 4.38. The third-order valence-electron chi connectivity index (χ3n) is 3.08. The van der Waals surface area contributed by atoms with Gasteiger partial charge in [-0.1, -0.05) is 11.8 Å². The van der Waals surface area contributed by atoms with E-state index in [1.54, 1.807) is 18.8 Å². The zero-order chi connectivity index (χ0) is 11.0. The van der Waals surface area contributed by atoms with Gasteiger partial charge in [0.2, 0.25) is 0 Å². The summed E-state index contributed by atoms with van der Waals surface area (Å²) in [7, 11) is 1.79. The number of hydrogen-bond donors (Lipinski definition) is 4. The molecule has 2 rings (SSSR count). The van der Waals surface area contributed by atoms with E-state index in [2.05, 4.69) is 10.3 Å². The molecule has 0 radical (unpaired) electrons. The van der Waals surface area contributed by atoms with Crippen LogP contribution in [0.1, 0.15) is 6.42 Å². The molecule has 0 saturated heterocycles. The quantitative estimate of drug-likeness (QED) is 0.455. The fourth-order valence-electron chi connectivity index (χ4n) is 2.17. The van der Waals surface area contributed by atoms with Gasteiger partial charge >= 0.3 is 0 Å². The molecule has 6 heteroatoms. The second-order valence-electron chi connectivity index (χ2n) is 3.99. The van der Waals surface area contributed by atoms with Crippen molar-refractivity contribution in [3.63, 3.8) is 0 Å². The second-order valence-corrected chi connectivity index (χ2v) is 5.22. The van der Waals surface area contributed by atoms with Crippen LogP contribution < -0.4 is 5.32 Å². The van der Waals surface area contributed by atoms with E-state index in [9.17, 15) is 10.2 Å². The number of hydrogen-bond acceptors (Lipinski definition) is 6. The molecule has 2 aliphatic rings. The van der Waals surface area contributed by atoms with Gasteiger partial charge in [0.15, 0.2) is 5.17 Å². The van der Waals surface area contributed by atoms with E-state index in [0.717, 1.165) is 5.17 Å². The molecule has 0 aromatic carbocycles. The van der Waals surface area contributed by atoms with Gasteiger partial charge in [-0.15, -0.1) is 0 Å². The molecule has 0 spiro atoms. The second kappa shape index (κ2) is 4.29. The number of aliphatic hydroxyl groups excluding tert-OH is 3. The van der Waals surface area contributed by atoms with Gasteiger partial charge in [0, 0.05) is 24.8 Å². The van der Waals surface area contributed by atoms with E-state index in [1.807, 2.05) is 0 Å². The minimum atomic E-state index is -0.864. The lowest BCUT2D eigenvalue weighted by Crippen LogP contribution is -2.51. The average molecular weight is 232 g/mol. The van der Waals surface area contributed by atoms with Gasteiger partial charge in [0.05, 0.1) is 12.1 Å². The Balaban J connectivity index is 2.12. The van der Waals surface area contributed by atoms with Crippen LogP contribution in [0.5, 0.6) is 0 Å². The molecule has 5 atom stereocenters. The predicted molar refractivity (Wildman–Crippen MR) is 58.9 cm³/mol. The molecule has 5 nitrogen and oxygen atoms in total. The van der Waals surface area contributed by atoms with Crippen LogP contribution in [0.25, 0.3) is 0 Å². The zero-order valence-electron chi connectivity index (χ0n) is 8.50. The van der Waals surface area contributed by atoms with Gasteiger partial charge in [0.1, 0.15) is 6.10 Å². The molecule has 1 heterocycles. The van der Waals surface area contributed by atoms with Crippen LogP contribution in [-0.2, 0) is 0 Å². The SMILES string of the molecule is CNC1=N[C@H]2[C@@H](O)[C@H](O)[C@@H](CO)C[C@H]2S1. The van der Waals surface area contributed by atoms with Crippen LogP contribution in [0.2, 0.25) is 0 Å². The molecule has 1 aliphatic heterocycles. The number of aliphatic imine (C=N–C) groups is 1. The van der Waals surface area contributed by atoms with Crippen molar-refractivity contribution >= 4 is 16.9 Å². The number of aliphatic hydroxyl groups is 3. The lowest BCUT2D eigenvalue weighted by Gasteiger charge is -2.37. The Morgan fingerprint density at radius 2 is 2.20 bits per heavy atom. The molecule has 4 N–H and O–H groups in total. The largest absolute Gasteiger partial charge is 0.396 e. The highest BCUT2D eigenvalue weighted by Crippen LogP contribution is 2.39. The summed E-state index contributed by atoms with van der Waals surface area (Å²) in [5, 5.41) is 32.6. The van der Waals surface area contributed by atoms with Crippen molar-refractivity contribution in [2.24, 2.45) is 10.9 Å². The van der Waals surface area contributed by atoms with Gasteiger partial charge < -0.3 is 20.6 Å². The maximum atomic E-state index is 9.85. The Kier molecular flexibility index (Phi) is 3.20. The van der Waals surface area contributed by atoms with E-state index in [1.165, 1.54) is 0 Å². The first-order valence-electron chi connectivity index (χ1n) is 5.06. The molecule has 86 valence electrons. The van der Waals surface area contributed by atoms with Gasteiger partial charge in [0.25, 0.3) is 0 Å². The minimum Gasteiger partial charge on any atom is -0.396 e. The maximum Gasteiger partial charge on any atom is 0.157 e. The summed E-state index contributed by atoms with van der Waals surface area (Å²) in [6.45, 7) is -0.0864. The molecule has 1 saturated carbocycles. The van der Waals surface area contributed by atoms with Crippen LogP contribution >= 0.6 is 11.8 Å². The van der Waals surface area contributed by atoms with Crippen LogP contribution in [-0.4, -0.2) is 57.6 Å². The standard InChI is InChI=1S/C9H16N2O3S/c1-10-9-11-6-5(15-9)2-4(3-12)7(13)8(6)14/h4-8,12-14H,2-3H2,1H3,(H,10,11)/t4-,5-,6-,7-,8-/m1/s1. The van der Waals surface area contributed by atoms with Crippen molar-refractivity contribution in [1.29, 1.82) is 0 Å². The summed E-state index contributed by atoms with van der Waals surface area (Å²) < 4.78 is 0. The topological polar surface area (TPSA) is 85.1 Å². The van der Waals surface area contributed by atoms with Crippen LogP contribution in [0, 0.1) is 5.92 Å². The highest BCUT2D eigenvalue weighted by Gasteiger charge is 2.46. The van der Waals surface area contributed by atoms with Crippen molar-refractivity contribution in [3.05, 3.63) is 0 Å². The van der Waals surface area contributed by atoms with Crippen molar-refractivity contribution in [3.8, 4) is 0 Å². The van der Waals surface area contributed by atoms with Gasteiger partial charge in [-0.3, -0.25) is 4.99 Å². The van der Waals surface area contributed by atoms with E-state index < -0.39 is 12.2 Å². The fraction of sp³-hybridized carbons (Fsp3) is 0.889. The molecule has 0 aromatic rings. The Morgan fingerprint density at radius 3 is 2.80 bits per heavy atom. The highest BCUT2D eigenvalue weighted by molar-refractivity contribution is 8.14. The number of rotatable bonds is 1. The van der Waals surface area contributed by atoms with E-state index in [4.69, 9.17) is 5.11 Å². The molecule has 0 unspecified atom stereocenters. The summed E-state index contributed by atoms with van der Waals surface area (Å²) >= 11 is 1.58. The smallest absolute Gasteiger partial charge is 0.157 e. The predicted octanol–water partition coefficient (Wildman–Crippen LogP) is -1.22. The highest BCUT2D eigenvalue weighted by atomic mass is 32.2. The maximum absolute atomic E-state index is 9.85. The van der Waals surface area contributed by atoms with Gasteiger partial charge in [-0.05, 0) is 6.42 Å². The molecule has 0 amide bonds. The Bertz CT molecular complexity index is 274. The molecule has 0 bridgehead atoms. The Labute approximate surface area is 92.6 Å². The first-order valence-corrected chi connectivity index (χ1v) is 5.94. The van der Waals surface area contributed by atoms with E-state index >= 15 is 0 Å². The van der Waals surface area contributed by atoms with Crippen molar-refractivity contribution in [1.82, 2.24) is 5.32 Å². The normalized spacial score (nSPS) is 44.8. The first kappa shape index (κ1) is 11.2. The van der Waals surface area contributed by atoms with Crippen molar-refractivity contribution in [2.45, 2.75) is 29.9 Å².